The van der Waals surface area contributed by atoms with Crippen molar-refractivity contribution >= 4 is 34.7 Å². The zero-order valence-corrected chi connectivity index (χ0v) is 30.7. The number of aromatic nitrogens is 6. The first-order chi connectivity index (χ1) is 24.6. The minimum absolute atomic E-state index is 0. The Balaban J connectivity index is 0.000000262. The second kappa shape index (κ2) is 20.6. The summed E-state index contributed by atoms with van der Waals surface area (Å²) in [4.78, 5) is 30.0. The van der Waals surface area contributed by atoms with E-state index in [1.807, 2.05) is 48.5 Å². The molecule has 0 radical (unpaired) electrons. The molecule has 1 N–H and O–H groups in total. The summed E-state index contributed by atoms with van der Waals surface area (Å²) in [5.41, 5.74) is 3.11. The Bertz CT molecular complexity index is 2160. The molecule has 15 heteroatoms. The van der Waals surface area contributed by atoms with Gasteiger partial charge in [-0.2, -0.15) is 18.3 Å². The second-order valence-corrected chi connectivity index (χ2v) is 11.7. The van der Waals surface area contributed by atoms with Crippen LogP contribution in [0.1, 0.15) is 53.5 Å². The number of nitrogens with zero attached hydrogens (tertiary/aromatic N) is 7. The molecular formula is C37H28F3N7O2RuS2. The number of rotatable bonds is 8. The van der Waals surface area contributed by atoms with Gasteiger partial charge in [-0.1, -0.05) is 61.7 Å². The molecule has 0 saturated heterocycles. The first-order valence-electron chi connectivity index (χ1n) is 15.4. The van der Waals surface area contributed by atoms with E-state index in [0.717, 1.165) is 45.6 Å². The summed E-state index contributed by atoms with van der Waals surface area (Å²) in [6, 6.07) is 22.4. The summed E-state index contributed by atoms with van der Waals surface area (Å²) >= 11 is 5.24. The number of alkyl halides is 3. The van der Waals surface area contributed by atoms with Crippen molar-refractivity contribution in [2.75, 3.05) is 0 Å². The molecule has 0 aromatic carbocycles. The number of hydrogen-bond donors (Lipinski definition) is 1. The molecule has 0 amide bonds. The third-order valence-electron chi connectivity index (χ3n) is 6.80. The molecule has 0 bridgehead atoms. The van der Waals surface area contributed by atoms with Gasteiger partial charge in [0.2, 0.25) is 0 Å². The number of thiocarbonyl (C=S) groups is 1. The van der Waals surface area contributed by atoms with Gasteiger partial charge in [-0.15, -0.1) is 11.3 Å². The summed E-state index contributed by atoms with van der Waals surface area (Å²) in [6.07, 6.45) is 4.57. The van der Waals surface area contributed by atoms with Gasteiger partial charge in [-0.05, 0) is 78.7 Å². The minimum atomic E-state index is -4.51. The molecule has 264 valence electrons. The van der Waals surface area contributed by atoms with Crippen molar-refractivity contribution in [3.8, 4) is 56.4 Å². The molecule has 9 nitrogen and oxygen atoms in total. The Morgan fingerprint density at radius 1 is 0.885 bits per heavy atom. The average molecular weight is 825 g/mol. The largest absolute Gasteiger partial charge is 2.00 e. The molecule has 0 fully saturated rings. The average Bonchev–Trinajstić information content (AvgIpc) is 3.84. The zero-order valence-electron chi connectivity index (χ0n) is 27.4. The van der Waals surface area contributed by atoms with Gasteiger partial charge in [-0.25, -0.2) is 9.78 Å². The van der Waals surface area contributed by atoms with E-state index in [-0.39, 0.29) is 30.7 Å². The summed E-state index contributed by atoms with van der Waals surface area (Å²) in [5, 5.41) is 24.3. The van der Waals surface area contributed by atoms with E-state index in [4.69, 9.17) is 10.5 Å². The van der Waals surface area contributed by atoms with Crippen LogP contribution in [0.25, 0.3) is 50.0 Å². The van der Waals surface area contributed by atoms with Gasteiger partial charge in [-0.3, -0.25) is 15.0 Å². The van der Waals surface area contributed by atoms with Crippen LogP contribution in [0, 0.1) is 11.8 Å². The van der Waals surface area contributed by atoms with E-state index in [0.29, 0.717) is 17.1 Å². The van der Waals surface area contributed by atoms with Gasteiger partial charge >= 0.3 is 31.6 Å². The number of aromatic carboxylic acids is 1. The number of thiophene rings is 1. The second-order valence-electron chi connectivity index (χ2n) is 10.4. The van der Waals surface area contributed by atoms with Crippen molar-refractivity contribution in [3.63, 3.8) is 0 Å². The zero-order chi connectivity index (χ0) is 36.6. The Hall–Kier alpha value is -5.25. The van der Waals surface area contributed by atoms with Crippen molar-refractivity contribution in [2.45, 2.75) is 38.8 Å². The molecule has 0 saturated carbocycles. The van der Waals surface area contributed by atoms with Crippen LogP contribution in [0.4, 0.5) is 13.2 Å². The molecular weight excluding hydrogens is 797 g/mol. The maximum Gasteiger partial charge on any atom is 2.00 e. The number of carbonyl (C=O) groups is 1. The van der Waals surface area contributed by atoms with Crippen LogP contribution in [0.5, 0.6) is 0 Å². The van der Waals surface area contributed by atoms with E-state index in [9.17, 15) is 18.0 Å². The maximum atomic E-state index is 12.7. The van der Waals surface area contributed by atoms with Gasteiger partial charge in [0, 0.05) is 29.9 Å². The van der Waals surface area contributed by atoms with Gasteiger partial charge in [0.15, 0.2) is 0 Å². The van der Waals surface area contributed by atoms with Crippen LogP contribution in [-0.2, 0) is 25.7 Å². The van der Waals surface area contributed by atoms with Gasteiger partial charge in [0.1, 0.15) is 5.69 Å². The number of carboxylic acids is 1. The first kappa shape index (κ1) is 41.2. The standard InChI is InChI=1S/C20H17F3N3S.C16H11N3O2.CNS.Ru/c1-2-3-4-5-6-7-15-8-9-18(27-15)14-10-11-24-16(12-14)17-13-19(26-25-17)20(21,22)23;20-16(21)11-7-9-18-15(10-11)14-6-3-5-13(19-14)12-4-1-2-8-17-12;2-1-3;/h8-13H,2-5H2,1H3;1-10H,(H,20,21);;/q-1;;-1;+2. The van der Waals surface area contributed by atoms with Gasteiger partial charge < -0.3 is 20.7 Å². The van der Waals surface area contributed by atoms with Crippen LogP contribution in [-0.4, -0.2) is 41.3 Å². The SMILES string of the molecule is CCCCCC#Cc1ccc(-c2ccnc(-c3cc(C(F)(F)F)n[n-]3)c2)s1.O=C(O)c1ccnc(-c2cccc(-c3ccccn3)n2)c1.[N-]=C=S.[Ru+2]. The number of halogens is 3. The summed E-state index contributed by atoms with van der Waals surface area (Å²) in [6.45, 7) is 2.16. The summed E-state index contributed by atoms with van der Waals surface area (Å²) in [7, 11) is 0. The van der Waals surface area contributed by atoms with Crippen molar-refractivity contribution in [1.82, 2.24) is 30.1 Å². The third kappa shape index (κ3) is 12.2. The van der Waals surface area contributed by atoms with Crippen LogP contribution in [0.15, 0.2) is 97.5 Å². The number of pyridine rings is 4. The smallest absolute Gasteiger partial charge is 0.753 e. The van der Waals surface area contributed by atoms with Gasteiger partial charge in [0.25, 0.3) is 0 Å². The number of unbranched alkanes of at least 4 members (excludes halogenated alkanes) is 3. The summed E-state index contributed by atoms with van der Waals surface area (Å²) < 4.78 is 38.1. The summed E-state index contributed by atoms with van der Waals surface area (Å²) in [5.74, 6) is 5.36. The quantitative estimate of drug-likeness (QED) is 0.0523. The predicted octanol–water partition coefficient (Wildman–Crippen LogP) is 9.34. The van der Waals surface area contributed by atoms with Gasteiger partial charge in [0.05, 0.1) is 38.9 Å². The molecule has 6 aromatic heterocycles. The minimum Gasteiger partial charge on any atom is -0.753 e. The predicted molar refractivity (Wildman–Crippen MR) is 194 cm³/mol. The molecule has 0 aliphatic carbocycles. The van der Waals surface area contributed by atoms with E-state index < -0.39 is 17.8 Å². The molecule has 52 heavy (non-hydrogen) atoms. The van der Waals surface area contributed by atoms with Crippen LogP contribution in [0.2, 0.25) is 0 Å². The molecule has 0 atom stereocenters. The number of isothiocyanates is 1. The maximum absolute atomic E-state index is 12.7. The fraction of sp³-hybridized carbons (Fsp3) is 0.162. The van der Waals surface area contributed by atoms with E-state index in [1.54, 1.807) is 35.9 Å². The van der Waals surface area contributed by atoms with Crippen molar-refractivity contribution in [3.05, 3.63) is 119 Å². The third-order valence-corrected chi connectivity index (χ3v) is 7.85. The van der Waals surface area contributed by atoms with E-state index in [2.05, 4.69) is 61.1 Å². The van der Waals surface area contributed by atoms with Crippen molar-refractivity contribution < 1.29 is 42.6 Å². The number of hydrogen-bond acceptors (Lipinski definition) is 8. The topological polar surface area (TPSA) is 138 Å². The van der Waals surface area contributed by atoms with Crippen LogP contribution < -0.4 is 5.10 Å². The first-order valence-corrected chi connectivity index (χ1v) is 16.6. The van der Waals surface area contributed by atoms with Crippen LogP contribution in [0.3, 0.4) is 0 Å². The van der Waals surface area contributed by atoms with E-state index in [1.165, 1.54) is 36.3 Å². The van der Waals surface area contributed by atoms with Crippen LogP contribution >= 0.6 is 23.6 Å². The molecule has 6 rings (SSSR count). The molecule has 0 spiro atoms. The molecule has 0 aliphatic heterocycles. The Morgan fingerprint density at radius 3 is 2.25 bits per heavy atom. The van der Waals surface area contributed by atoms with Crippen molar-refractivity contribution in [1.29, 1.82) is 0 Å². The Labute approximate surface area is 320 Å². The fourth-order valence-electron chi connectivity index (χ4n) is 4.39. The van der Waals surface area contributed by atoms with E-state index >= 15 is 0 Å². The fourth-order valence-corrected chi connectivity index (χ4v) is 5.27. The normalized spacial score (nSPS) is 10.2. The number of carboxylic acid groups (broad SMARTS) is 1. The molecule has 0 aliphatic rings. The Kier molecular flexibility index (Phi) is 16.3. The van der Waals surface area contributed by atoms with Crippen molar-refractivity contribution in [2.24, 2.45) is 0 Å². The molecule has 6 heterocycles. The Morgan fingerprint density at radius 2 is 1.58 bits per heavy atom. The molecule has 6 aromatic rings. The monoisotopic (exact) mass is 825 g/mol. The molecule has 0 unspecified atom stereocenters.